The van der Waals surface area contributed by atoms with Crippen LogP contribution in [0, 0.1) is 24.2 Å². The molecular formula is C18H17N3. The minimum absolute atomic E-state index is 0.0498. The van der Waals surface area contributed by atoms with Crippen molar-refractivity contribution in [3.63, 3.8) is 0 Å². The molecule has 3 nitrogen and oxygen atoms in total. The number of rotatable bonds is 3. The van der Waals surface area contributed by atoms with Crippen LogP contribution in [0.15, 0.2) is 48.5 Å². The van der Waals surface area contributed by atoms with E-state index in [4.69, 9.17) is 10.2 Å². The predicted octanol–water partition coefficient (Wildman–Crippen LogP) is 4.17. The zero-order valence-electron chi connectivity index (χ0n) is 12.2. The van der Waals surface area contributed by atoms with E-state index in [1.165, 1.54) is 5.56 Å². The molecule has 21 heavy (non-hydrogen) atoms. The molecule has 104 valence electrons. The highest BCUT2D eigenvalue weighted by atomic mass is 15.1. The van der Waals surface area contributed by atoms with Crippen molar-refractivity contribution in [1.82, 2.24) is 9.55 Å². The summed E-state index contributed by atoms with van der Waals surface area (Å²) in [5.74, 6) is 0.883. The van der Waals surface area contributed by atoms with Crippen molar-refractivity contribution < 1.29 is 0 Å². The van der Waals surface area contributed by atoms with E-state index in [-0.39, 0.29) is 5.92 Å². The van der Waals surface area contributed by atoms with Gasteiger partial charge in [-0.15, -0.1) is 0 Å². The van der Waals surface area contributed by atoms with Crippen LogP contribution in [0.4, 0.5) is 0 Å². The molecule has 3 heteroatoms. The maximum atomic E-state index is 9.13. The molecule has 0 saturated heterocycles. The number of nitriles is 1. The zero-order valence-corrected chi connectivity index (χ0v) is 12.2. The summed E-state index contributed by atoms with van der Waals surface area (Å²) >= 11 is 0. The minimum Gasteiger partial charge on any atom is -0.323 e. The lowest BCUT2D eigenvalue weighted by Crippen LogP contribution is -2.07. The standard InChI is InChI=1S/C18H17N3/c1-13-6-5-7-15(10-13)18-20-16-8-3-4-9-17(16)21(18)12-14(2)11-19/h3-10,14H,12H2,1-2H3. The van der Waals surface area contributed by atoms with E-state index in [0.29, 0.717) is 6.54 Å². The number of nitrogens with zero attached hydrogens (tertiary/aromatic N) is 3. The number of para-hydroxylation sites is 2. The molecule has 1 heterocycles. The third-order valence-corrected chi connectivity index (χ3v) is 3.61. The van der Waals surface area contributed by atoms with Crippen LogP contribution in [0.25, 0.3) is 22.4 Å². The number of imidazole rings is 1. The quantitative estimate of drug-likeness (QED) is 0.719. The van der Waals surface area contributed by atoms with Gasteiger partial charge in [-0.25, -0.2) is 4.98 Å². The van der Waals surface area contributed by atoms with E-state index < -0.39 is 0 Å². The molecule has 0 N–H and O–H groups in total. The Balaban J connectivity index is 2.21. The van der Waals surface area contributed by atoms with Gasteiger partial charge in [0, 0.05) is 12.1 Å². The summed E-state index contributed by atoms with van der Waals surface area (Å²) in [6.07, 6.45) is 0. The Hall–Kier alpha value is -2.60. The molecule has 2 aromatic carbocycles. The zero-order chi connectivity index (χ0) is 14.8. The molecule has 0 saturated carbocycles. The van der Waals surface area contributed by atoms with Crippen molar-refractivity contribution in [2.45, 2.75) is 20.4 Å². The van der Waals surface area contributed by atoms with Crippen molar-refractivity contribution in [2.24, 2.45) is 5.92 Å². The average Bonchev–Trinajstić information content (AvgIpc) is 2.86. The first-order valence-electron chi connectivity index (χ1n) is 7.11. The lowest BCUT2D eigenvalue weighted by Gasteiger charge is -2.11. The maximum Gasteiger partial charge on any atom is 0.141 e. The van der Waals surface area contributed by atoms with E-state index in [1.807, 2.05) is 31.2 Å². The number of fused-ring (bicyclic) bond motifs is 1. The highest BCUT2D eigenvalue weighted by Crippen LogP contribution is 2.26. The second-order valence-electron chi connectivity index (χ2n) is 5.43. The highest BCUT2D eigenvalue weighted by molar-refractivity contribution is 5.80. The Morgan fingerprint density at radius 3 is 2.76 bits per heavy atom. The number of aromatic nitrogens is 2. The molecule has 0 aliphatic carbocycles. The fourth-order valence-corrected chi connectivity index (χ4v) is 2.58. The van der Waals surface area contributed by atoms with Crippen LogP contribution in [0.2, 0.25) is 0 Å². The van der Waals surface area contributed by atoms with E-state index in [2.05, 4.69) is 41.8 Å². The third-order valence-electron chi connectivity index (χ3n) is 3.61. The van der Waals surface area contributed by atoms with Gasteiger partial charge in [0.15, 0.2) is 0 Å². The van der Waals surface area contributed by atoms with Crippen molar-refractivity contribution in [1.29, 1.82) is 5.26 Å². The molecule has 1 atom stereocenters. The summed E-state index contributed by atoms with van der Waals surface area (Å²) in [4.78, 5) is 4.76. The summed E-state index contributed by atoms with van der Waals surface area (Å²) < 4.78 is 2.15. The average molecular weight is 275 g/mol. The Kier molecular flexibility index (Phi) is 3.45. The number of aryl methyl sites for hydroxylation is 1. The molecule has 0 amide bonds. The molecule has 0 aliphatic rings. The summed E-state index contributed by atoms with van der Waals surface area (Å²) in [6.45, 7) is 4.67. The van der Waals surface area contributed by atoms with Crippen LogP contribution in [-0.4, -0.2) is 9.55 Å². The summed E-state index contributed by atoms with van der Waals surface area (Å²) in [5, 5.41) is 9.13. The fraction of sp³-hybridized carbons (Fsp3) is 0.222. The SMILES string of the molecule is Cc1cccc(-c2nc3ccccc3n2CC(C)C#N)c1. The first kappa shape index (κ1) is 13.4. The Morgan fingerprint density at radius 1 is 1.19 bits per heavy atom. The molecule has 0 radical (unpaired) electrons. The normalized spacial score (nSPS) is 12.2. The first-order chi connectivity index (χ1) is 10.2. The summed E-state index contributed by atoms with van der Waals surface area (Å²) in [7, 11) is 0. The molecule has 0 fully saturated rings. The Morgan fingerprint density at radius 2 is 2.00 bits per heavy atom. The van der Waals surface area contributed by atoms with Gasteiger partial charge in [-0.3, -0.25) is 0 Å². The van der Waals surface area contributed by atoms with Crippen LogP contribution >= 0.6 is 0 Å². The van der Waals surface area contributed by atoms with E-state index in [9.17, 15) is 0 Å². The lowest BCUT2D eigenvalue weighted by molar-refractivity contribution is 0.597. The van der Waals surface area contributed by atoms with Crippen LogP contribution in [0.1, 0.15) is 12.5 Å². The Bertz CT molecular complexity index is 824. The summed E-state index contributed by atoms with van der Waals surface area (Å²) in [5.41, 5.74) is 4.35. The molecule has 3 rings (SSSR count). The molecule has 1 aromatic heterocycles. The van der Waals surface area contributed by atoms with Crippen LogP contribution < -0.4 is 0 Å². The van der Waals surface area contributed by atoms with Gasteiger partial charge in [-0.1, -0.05) is 35.9 Å². The van der Waals surface area contributed by atoms with Crippen molar-refractivity contribution >= 4 is 11.0 Å². The highest BCUT2D eigenvalue weighted by Gasteiger charge is 2.14. The van der Waals surface area contributed by atoms with Gasteiger partial charge >= 0.3 is 0 Å². The molecule has 0 aliphatic heterocycles. The topological polar surface area (TPSA) is 41.6 Å². The van der Waals surface area contributed by atoms with Gasteiger partial charge in [-0.2, -0.15) is 5.26 Å². The maximum absolute atomic E-state index is 9.13. The smallest absolute Gasteiger partial charge is 0.141 e. The second kappa shape index (κ2) is 5.41. The van der Waals surface area contributed by atoms with Crippen LogP contribution in [0.3, 0.4) is 0 Å². The Labute approximate surface area is 124 Å². The molecule has 0 bridgehead atoms. The van der Waals surface area contributed by atoms with Crippen LogP contribution in [-0.2, 0) is 6.54 Å². The van der Waals surface area contributed by atoms with E-state index >= 15 is 0 Å². The monoisotopic (exact) mass is 275 g/mol. The van der Waals surface area contributed by atoms with Gasteiger partial charge in [0.2, 0.25) is 0 Å². The first-order valence-corrected chi connectivity index (χ1v) is 7.11. The van der Waals surface area contributed by atoms with Crippen molar-refractivity contribution in [2.75, 3.05) is 0 Å². The largest absolute Gasteiger partial charge is 0.323 e. The minimum atomic E-state index is -0.0498. The van der Waals surface area contributed by atoms with Gasteiger partial charge in [0.05, 0.1) is 23.0 Å². The third kappa shape index (κ3) is 2.53. The van der Waals surface area contributed by atoms with Crippen molar-refractivity contribution in [3.05, 3.63) is 54.1 Å². The summed E-state index contributed by atoms with van der Waals surface area (Å²) in [6, 6.07) is 18.7. The predicted molar refractivity (Wildman–Crippen MR) is 84.7 cm³/mol. The molecule has 3 aromatic rings. The van der Waals surface area contributed by atoms with E-state index in [1.54, 1.807) is 0 Å². The molecular weight excluding hydrogens is 258 g/mol. The molecule has 1 unspecified atom stereocenters. The number of benzene rings is 2. The van der Waals surface area contributed by atoms with Crippen molar-refractivity contribution in [3.8, 4) is 17.5 Å². The fourth-order valence-electron chi connectivity index (χ4n) is 2.58. The van der Waals surface area contributed by atoms with Gasteiger partial charge in [0.25, 0.3) is 0 Å². The van der Waals surface area contributed by atoms with Gasteiger partial charge < -0.3 is 4.57 Å². The number of hydrogen-bond donors (Lipinski definition) is 0. The van der Waals surface area contributed by atoms with E-state index in [0.717, 1.165) is 22.4 Å². The van der Waals surface area contributed by atoms with Crippen LogP contribution in [0.5, 0.6) is 0 Å². The lowest BCUT2D eigenvalue weighted by atomic mass is 10.1. The van der Waals surface area contributed by atoms with Gasteiger partial charge in [0.1, 0.15) is 5.82 Å². The molecule has 0 spiro atoms. The second-order valence-corrected chi connectivity index (χ2v) is 5.43. The van der Waals surface area contributed by atoms with Gasteiger partial charge in [-0.05, 0) is 32.0 Å². The number of hydrogen-bond acceptors (Lipinski definition) is 2.